The van der Waals surface area contributed by atoms with Crippen LogP contribution < -0.4 is 5.32 Å². The fourth-order valence-electron chi connectivity index (χ4n) is 2.78. The van der Waals surface area contributed by atoms with Crippen molar-refractivity contribution >= 4 is 11.8 Å². The van der Waals surface area contributed by atoms with Gasteiger partial charge in [0.15, 0.2) is 0 Å². The summed E-state index contributed by atoms with van der Waals surface area (Å²) in [7, 11) is 0. The number of nitrogens with one attached hydrogen (secondary N) is 1. The van der Waals surface area contributed by atoms with Crippen molar-refractivity contribution in [2.75, 3.05) is 45.9 Å². The van der Waals surface area contributed by atoms with E-state index in [4.69, 9.17) is 9.15 Å². The summed E-state index contributed by atoms with van der Waals surface area (Å²) in [4.78, 5) is 28.7. The lowest BCUT2D eigenvalue weighted by atomic mass is 10.1. The van der Waals surface area contributed by atoms with Gasteiger partial charge in [0.05, 0.1) is 25.0 Å². The number of furan rings is 1. The fraction of sp³-hybridized carbons (Fsp3) is 0.667. The number of hydrogen-bond acceptors (Lipinski definition) is 5. The molecule has 7 heteroatoms. The Kier molecular flexibility index (Phi) is 7.94. The van der Waals surface area contributed by atoms with Gasteiger partial charge >= 0.3 is 0 Å². The lowest BCUT2D eigenvalue weighted by Gasteiger charge is -2.28. The summed E-state index contributed by atoms with van der Waals surface area (Å²) >= 11 is 0. The number of ether oxygens (including phenoxy) is 1. The lowest BCUT2D eigenvalue weighted by Crippen LogP contribution is -2.43. The summed E-state index contributed by atoms with van der Waals surface area (Å²) in [5, 5.41) is 2.94. The van der Waals surface area contributed by atoms with Gasteiger partial charge in [0, 0.05) is 45.2 Å². The average Bonchev–Trinajstić information content (AvgIpc) is 3.17. The van der Waals surface area contributed by atoms with Crippen LogP contribution in [0.1, 0.15) is 37.0 Å². The lowest BCUT2D eigenvalue weighted by molar-refractivity contribution is -0.121. The Balaban J connectivity index is 1.75. The van der Waals surface area contributed by atoms with Crippen molar-refractivity contribution in [3.8, 4) is 0 Å². The number of morpholine rings is 1. The molecule has 2 amide bonds. The monoisotopic (exact) mass is 351 g/mol. The van der Waals surface area contributed by atoms with Crippen LogP contribution in [0.5, 0.6) is 0 Å². The first-order valence-corrected chi connectivity index (χ1v) is 9.01. The molecule has 1 aromatic rings. The van der Waals surface area contributed by atoms with Gasteiger partial charge in [-0.15, -0.1) is 0 Å². The number of amides is 2. The van der Waals surface area contributed by atoms with Gasteiger partial charge in [-0.25, -0.2) is 0 Å². The third kappa shape index (κ3) is 6.17. The Labute approximate surface area is 149 Å². The number of nitrogens with zero attached hydrogens (tertiary/aromatic N) is 2. The zero-order valence-corrected chi connectivity index (χ0v) is 15.2. The van der Waals surface area contributed by atoms with E-state index in [2.05, 4.69) is 10.2 Å². The van der Waals surface area contributed by atoms with Gasteiger partial charge in [0.1, 0.15) is 6.26 Å². The van der Waals surface area contributed by atoms with E-state index in [1.54, 1.807) is 11.0 Å². The van der Waals surface area contributed by atoms with Crippen LogP contribution in [-0.2, 0) is 9.53 Å². The third-order valence-corrected chi connectivity index (χ3v) is 4.59. The Morgan fingerprint density at radius 2 is 2.12 bits per heavy atom. The van der Waals surface area contributed by atoms with Crippen molar-refractivity contribution < 1.29 is 18.7 Å². The van der Waals surface area contributed by atoms with E-state index in [1.165, 1.54) is 12.5 Å². The molecule has 1 atom stereocenters. The molecular weight excluding hydrogens is 322 g/mol. The highest BCUT2D eigenvalue weighted by atomic mass is 16.5. The topological polar surface area (TPSA) is 75.0 Å². The van der Waals surface area contributed by atoms with E-state index in [0.29, 0.717) is 25.1 Å². The molecule has 1 aromatic heterocycles. The van der Waals surface area contributed by atoms with Crippen molar-refractivity contribution in [1.82, 2.24) is 15.1 Å². The van der Waals surface area contributed by atoms with Gasteiger partial charge in [0.25, 0.3) is 5.91 Å². The van der Waals surface area contributed by atoms with Crippen molar-refractivity contribution in [2.45, 2.75) is 32.7 Å². The Morgan fingerprint density at radius 3 is 2.76 bits per heavy atom. The van der Waals surface area contributed by atoms with E-state index >= 15 is 0 Å². The minimum Gasteiger partial charge on any atom is -0.472 e. The molecule has 1 aliphatic rings. The Hall–Kier alpha value is -1.86. The Bertz CT molecular complexity index is 526. The van der Waals surface area contributed by atoms with Crippen molar-refractivity contribution in [3.05, 3.63) is 24.2 Å². The van der Waals surface area contributed by atoms with Crippen molar-refractivity contribution in [1.29, 1.82) is 0 Å². The average molecular weight is 351 g/mol. The highest BCUT2D eigenvalue weighted by Crippen LogP contribution is 2.12. The quantitative estimate of drug-likeness (QED) is 0.727. The van der Waals surface area contributed by atoms with Crippen molar-refractivity contribution in [2.24, 2.45) is 0 Å². The molecule has 0 bridgehead atoms. The smallest absolute Gasteiger partial charge is 0.257 e. The summed E-state index contributed by atoms with van der Waals surface area (Å²) in [6, 6.07) is 1.73. The first kappa shape index (κ1) is 19.5. The molecule has 0 aliphatic carbocycles. The largest absolute Gasteiger partial charge is 0.472 e. The van der Waals surface area contributed by atoms with Crippen LogP contribution in [0, 0.1) is 0 Å². The molecule has 7 nitrogen and oxygen atoms in total. The van der Waals surface area contributed by atoms with Gasteiger partial charge in [-0.05, 0) is 19.4 Å². The van der Waals surface area contributed by atoms with Gasteiger partial charge in [-0.2, -0.15) is 0 Å². The molecule has 0 radical (unpaired) electrons. The molecule has 2 rings (SSSR count). The standard InChI is InChI=1S/C18H29N3O4/c1-3-15(2)21(18(23)16-5-11-25-14-16)7-4-17(22)19-6-8-20-9-12-24-13-10-20/h5,11,14-15H,3-4,6-10,12-13H2,1-2H3,(H,19,22)/t15-/m0/s1. The second kappa shape index (κ2) is 10.2. The number of carbonyl (C=O) groups is 2. The highest BCUT2D eigenvalue weighted by Gasteiger charge is 2.22. The van der Waals surface area contributed by atoms with Crippen LogP contribution in [0.4, 0.5) is 0 Å². The second-order valence-corrected chi connectivity index (χ2v) is 6.32. The maximum atomic E-state index is 12.6. The van der Waals surface area contributed by atoms with E-state index in [9.17, 15) is 9.59 Å². The van der Waals surface area contributed by atoms with Crippen molar-refractivity contribution in [3.63, 3.8) is 0 Å². The summed E-state index contributed by atoms with van der Waals surface area (Å²) in [5.41, 5.74) is 0.521. The van der Waals surface area contributed by atoms with Gasteiger partial charge in [-0.3, -0.25) is 14.5 Å². The molecule has 1 aliphatic heterocycles. The normalized spacial score (nSPS) is 16.4. The van der Waals surface area contributed by atoms with E-state index < -0.39 is 0 Å². The second-order valence-electron chi connectivity index (χ2n) is 6.32. The predicted molar refractivity (Wildman–Crippen MR) is 94.4 cm³/mol. The molecule has 0 aromatic carbocycles. The summed E-state index contributed by atoms with van der Waals surface area (Å²) in [6.45, 7) is 9.23. The van der Waals surface area contributed by atoms with E-state index in [1.807, 2.05) is 13.8 Å². The molecule has 0 saturated carbocycles. The van der Waals surface area contributed by atoms with E-state index in [0.717, 1.165) is 39.3 Å². The highest BCUT2D eigenvalue weighted by molar-refractivity contribution is 5.94. The third-order valence-electron chi connectivity index (χ3n) is 4.59. The van der Waals surface area contributed by atoms with Crippen LogP contribution in [-0.4, -0.2) is 73.6 Å². The zero-order chi connectivity index (χ0) is 18.1. The molecule has 0 unspecified atom stereocenters. The summed E-state index contributed by atoms with van der Waals surface area (Å²) < 4.78 is 10.3. The SMILES string of the molecule is CC[C@H](C)N(CCC(=O)NCCN1CCOCC1)C(=O)c1ccoc1. The predicted octanol–water partition coefficient (Wildman–Crippen LogP) is 1.36. The van der Waals surface area contributed by atoms with Crippen LogP contribution in [0.2, 0.25) is 0 Å². The van der Waals surface area contributed by atoms with Crippen LogP contribution >= 0.6 is 0 Å². The Morgan fingerprint density at radius 1 is 1.36 bits per heavy atom. The molecule has 140 valence electrons. The van der Waals surface area contributed by atoms with Gasteiger partial charge in [-0.1, -0.05) is 6.92 Å². The molecular formula is C18H29N3O4. The van der Waals surface area contributed by atoms with Crippen LogP contribution in [0.15, 0.2) is 23.0 Å². The molecule has 1 N–H and O–H groups in total. The summed E-state index contributed by atoms with van der Waals surface area (Å²) in [6.07, 6.45) is 4.07. The first-order valence-electron chi connectivity index (χ1n) is 9.01. The maximum absolute atomic E-state index is 12.6. The molecule has 1 fully saturated rings. The number of hydrogen-bond donors (Lipinski definition) is 1. The molecule has 0 spiro atoms. The van der Waals surface area contributed by atoms with Gasteiger partial charge in [0.2, 0.25) is 5.91 Å². The number of carbonyl (C=O) groups excluding carboxylic acids is 2. The molecule has 2 heterocycles. The minimum absolute atomic E-state index is 0.0263. The fourth-order valence-corrected chi connectivity index (χ4v) is 2.78. The molecule has 25 heavy (non-hydrogen) atoms. The zero-order valence-electron chi connectivity index (χ0n) is 15.2. The van der Waals surface area contributed by atoms with Crippen LogP contribution in [0.25, 0.3) is 0 Å². The van der Waals surface area contributed by atoms with Gasteiger partial charge < -0.3 is 19.4 Å². The van der Waals surface area contributed by atoms with Crippen LogP contribution in [0.3, 0.4) is 0 Å². The summed E-state index contributed by atoms with van der Waals surface area (Å²) in [5.74, 6) is -0.120. The first-order chi connectivity index (χ1) is 12.1. The van der Waals surface area contributed by atoms with E-state index in [-0.39, 0.29) is 17.9 Å². The maximum Gasteiger partial charge on any atom is 0.257 e. The minimum atomic E-state index is -0.0933. The number of rotatable bonds is 9. The molecule has 1 saturated heterocycles.